The molecule has 0 aromatic heterocycles. The minimum Gasteiger partial charge on any atom is -0.375 e. The summed E-state index contributed by atoms with van der Waals surface area (Å²) in [6, 6.07) is 5.65. The van der Waals surface area contributed by atoms with Crippen LogP contribution in [0.1, 0.15) is 11.1 Å². The van der Waals surface area contributed by atoms with Crippen molar-refractivity contribution in [1.82, 2.24) is 10.3 Å². The summed E-state index contributed by atoms with van der Waals surface area (Å²) in [5, 5.41) is 3.54. The molecule has 5 nitrogen and oxygen atoms in total. The number of piperazine rings is 1. The summed E-state index contributed by atoms with van der Waals surface area (Å²) in [5.41, 5.74) is 7.99. The number of nitrogens with one attached hydrogen (secondary N) is 1. The third-order valence-corrected chi connectivity index (χ3v) is 4.66. The second kappa shape index (κ2) is 9.19. The Kier molecular flexibility index (Phi) is 6.65. The second-order valence-corrected chi connectivity index (χ2v) is 7.00. The lowest BCUT2D eigenvalue weighted by atomic mass is 10.1. The molecule has 0 aliphatic carbocycles. The molecule has 1 aliphatic rings. The molecule has 0 saturated carbocycles. The molecule has 1 saturated heterocycles. The van der Waals surface area contributed by atoms with Crippen LogP contribution in [0.2, 0.25) is 0 Å². The van der Waals surface area contributed by atoms with Gasteiger partial charge in [0.05, 0.1) is 11.9 Å². The van der Waals surface area contributed by atoms with E-state index in [1.165, 1.54) is 12.1 Å². The van der Waals surface area contributed by atoms with E-state index < -0.39 is 23.3 Å². The minimum atomic E-state index is -0.634. The molecule has 1 aliphatic heterocycles. The number of thiocarbonyl (C=S) groups is 1. The van der Waals surface area contributed by atoms with Gasteiger partial charge in [0.1, 0.15) is 23.3 Å². The van der Waals surface area contributed by atoms with Gasteiger partial charge in [-0.3, -0.25) is 10.3 Å². The first-order chi connectivity index (χ1) is 13.8. The van der Waals surface area contributed by atoms with Gasteiger partial charge in [-0.25, -0.2) is 17.6 Å². The summed E-state index contributed by atoms with van der Waals surface area (Å²) in [7, 11) is 0. The van der Waals surface area contributed by atoms with Crippen molar-refractivity contribution >= 4 is 29.2 Å². The molecule has 0 spiro atoms. The summed E-state index contributed by atoms with van der Waals surface area (Å²) in [6.07, 6.45) is 1.09. The smallest absolute Gasteiger partial charge is 0.184 e. The molecule has 0 amide bonds. The summed E-state index contributed by atoms with van der Waals surface area (Å²) in [5.74, 6) is -2.43. The lowest BCUT2D eigenvalue weighted by Crippen LogP contribution is -2.46. The van der Waals surface area contributed by atoms with E-state index in [4.69, 9.17) is 5.73 Å². The van der Waals surface area contributed by atoms with E-state index >= 15 is 0 Å². The van der Waals surface area contributed by atoms with Crippen molar-refractivity contribution in [3.05, 3.63) is 64.7 Å². The SMILES string of the molecule is NC(=S)N/N=C/c1cc(F)c(N2CCN(Cc3ccc(F)cc3F)CC2)cc1F. The van der Waals surface area contributed by atoms with Crippen LogP contribution < -0.4 is 16.1 Å². The molecule has 2 aromatic carbocycles. The average Bonchev–Trinajstić information content (AvgIpc) is 2.67. The molecule has 1 fully saturated rings. The molecule has 10 heteroatoms. The highest BCUT2D eigenvalue weighted by Gasteiger charge is 2.22. The molecular formula is C19H19F4N5S. The molecule has 154 valence electrons. The molecule has 1 heterocycles. The Hall–Kier alpha value is -2.72. The molecule has 0 atom stereocenters. The number of anilines is 1. The van der Waals surface area contributed by atoms with Crippen molar-refractivity contribution in [2.24, 2.45) is 10.8 Å². The van der Waals surface area contributed by atoms with Crippen LogP contribution in [0, 0.1) is 23.3 Å². The van der Waals surface area contributed by atoms with Crippen LogP contribution >= 0.6 is 12.2 Å². The molecule has 0 unspecified atom stereocenters. The zero-order chi connectivity index (χ0) is 21.0. The van der Waals surface area contributed by atoms with Gasteiger partial charge >= 0.3 is 0 Å². The maximum atomic E-state index is 14.5. The van der Waals surface area contributed by atoms with Gasteiger partial charge < -0.3 is 10.6 Å². The van der Waals surface area contributed by atoms with E-state index in [0.717, 1.165) is 24.4 Å². The van der Waals surface area contributed by atoms with Crippen LogP contribution in [-0.4, -0.2) is 42.4 Å². The van der Waals surface area contributed by atoms with Crippen LogP contribution in [0.25, 0.3) is 0 Å². The number of rotatable bonds is 5. The van der Waals surface area contributed by atoms with Crippen molar-refractivity contribution in [3.8, 4) is 0 Å². The van der Waals surface area contributed by atoms with Gasteiger partial charge in [-0.2, -0.15) is 5.10 Å². The zero-order valence-electron chi connectivity index (χ0n) is 15.3. The van der Waals surface area contributed by atoms with Crippen LogP contribution in [0.15, 0.2) is 35.4 Å². The highest BCUT2D eigenvalue weighted by Crippen LogP contribution is 2.24. The minimum absolute atomic E-state index is 0.0413. The number of hydrogen-bond donors (Lipinski definition) is 2. The molecule has 0 radical (unpaired) electrons. The van der Waals surface area contributed by atoms with Crippen LogP contribution in [0.4, 0.5) is 23.2 Å². The number of halogens is 4. The summed E-state index contributed by atoms with van der Waals surface area (Å²) < 4.78 is 55.6. The maximum absolute atomic E-state index is 14.5. The van der Waals surface area contributed by atoms with Crippen LogP contribution in [0.3, 0.4) is 0 Å². The Balaban J connectivity index is 1.63. The Labute approximate surface area is 170 Å². The fraction of sp³-hybridized carbons (Fsp3) is 0.263. The van der Waals surface area contributed by atoms with Gasteiger partial charge in [-0.05, 0) is 24.4 Å². The number of hydrogen-bond acceptors (Lipinski definition) is 4. The van der Waals surface area contributed by atoms with E-state index in [1.54, 1.807) is 4.90 Å². The third kappa shape index (κ3) is 5.42. The molecule has 2 aromatic rings. The second-order valence-electron chi connectivity index (χ2n) is 6.56. The number of hydrazone groups is 1. The molecule has 3 N–H and O–H groups in total. The van der Waals surface area contributed by atoms with Crippen molar-refractivity contribution < 1.29 is 17.6 Å². The lowest BCUT2D eigenvalue weighted by molar-refractivity contribution is 0.246. The predicted molar refractivity (Wildman–Crippen MR) is 108 cm³/mol. The van der Waals surface area contributed by atoms with Crippen molar-refractivity contribution in [2.45, 2.75) is 6.54 Å². The van der Waals surface area contributed by atoms with Gasteiger partial charge in [-0.1, -0.05) is 6.07 Å². The van der Waals surface area contributed by atoms with Gasteiger partial charge in [-0.15, -0.1) is 0 Å². The molecule has 3 rings (SSSR count). The molecule has 29 heavy (non-hydrogen) atoms. The first-order valence-electron chi connectivity index (χ1n) is 8.82. The van der Waals surface area contributed by atoms with Gasteiger partial charge in [0.15, 0.2) is 5.11 Å². The monoisotopic (exact) mass is 425 g/mol. The maximum Gasteiger partial charge on any atom is 0.184 e. The van der Waals surface area contributed by atoms with E-state index in [1.807, 2.05) is 4.90 Å². The fourth-order valence-corrected chi connectivity index (χ4v) is 3.15. The summed E-state index contributed by atoms with van der Waals surface area (Å²) in [4.78, 5) is 3.70. The molecule has 0 bridgehead atoms. The normalized spacial score (nSPS) is 15.1. The Morgan fingerprint density at radius 3 is 2.41 bits per heavy atom. The zero-order valence-corrected chi connectivity index (χ0v) is 16.2. The van der Waals surface area contributed by atoms with E-state index in [9.17, 15) is 17.6 Å². The number of nitrogens with zero attached hydrogens (tertiary/aromatic N) is 3. The first kappa shape index (κ1) is 21.0. The highest BCUT2D eigenvalue weighted by atomic mass is 32.1. The Morgan fingerprint density at radius 1 is 1.03 bits per heavy atom. The predicted octanol–water partition coefficient (Wildman–Crippen LogP) is 2.73. The van der Waals surface area contributed by atoms with Crippen molar-refractivity contribution in [2.75, 3.05) is 31.1 Å². The lowest BCUT2D eigenvalue weighted by Gasteiger charge is -2.36. The van der Waals surface area contributed by atoms with E-state index in [2.05, 4.69) is 22.7 Å². The number of nitrogens with two attached hydrogens (primary N) is 1. The van der Waals surface area contributed by atoms with E-state index in [0.29, 0.717) is 38.3 Å². The highest BCUT2D eigenvalue weighted by molar-refractivity contribution is 7.80. The van der Waals surface area contributed by atoms with Crippen molar-refractivity contribution in [3.63, 3.8) is 0 Å². The summed E-state index contributed by atoms with van der Waals surface area (Å²) >= 11 is 4.58. The van der Waals surface area contributed by atoms with Crippen LogP contribution in [0.5, 0.6) is 0 Å². The van der Waals surface area contributed by atoms with E-state index in [-0.39, 0.29) is 16.4 Å². The quantitative estimate of drug-likeness (QED) is 0.334. The largest absolute Gasteiger partial charge is 0.375 e. The first-order valence-corrected chi connectivity index (χ1v) is 9.23. The van der Waals surface area contributed by atoms with Gasteiger partial charge in [0.2, 0.25) is 0 Å². The third-order valence-electron chi connectivity index (χ3n) is 4.57. The molecular weight excluding hydrogens is 406 g/mol. The Bertz CT molecular complexity index is 929. The van der Waals surface area contributed by atoms with Crippen molar-refractivity contribution in [1.29, 1.82) is 0 Å². The van der Waals surface area contributed by atoms with Gasteiger partial charge in [0.25, 0.3) is 0 Å². The summed E-state index contributed by atoms with van der Waals surface area (Å²) in [6.45, 7) is 2.26. The number of benzene rings is 2. The fourth-order valence-electron chi connectivity index (χ4n) is 3.10. The topological polar surface area (TPSA) is 56.9 Å². The average molecular weight is 425 g/mol. The van der Waals surface area contributed by atoms with Crippen LogP contribution in [-0.2, 0) is 6.54 Å². The van der Waals surface area contributed by atoms with Gasteiger partial charge in [0, 0.05) is 56.0 Å². The standard InChI is InChI=1S/C19H19F4N5S/c20-14-2-1-12(15(21)8-14)11-27-3-5-28(6-4-27)18-9-16(22)13(7-17(18)23)10-25-26-19(24)29/h1-2,7-10H,3-6,11H2,(H3,24,26,29)/b25-10+. The Morgan fingerprint density at radius 2 is 1.76 bits per heavy atom.